The fourth-order valence-corrected chi connectivity index (χ4v) is 5.43. The molecule has 1 fully saturated rings. The van der Waals surface area contributed by atoms with Gasteiger partial charge in [0.25, 0.3) is 0 Å². The van der Waals surface area contributed by atoms with Crippen molar-refractivity contribution >= 4 is 32.7 Å². The van der Waals surface area contributed by atoms with Gasteiger partial charge in [-0.25, -0.2) is 4.68 Å². The molecule has 0 spiro atoms. The summed E-state index contributed by atoms with van der Waals surface area (Å²) in [5.74, 6) is 1.64. The largest absolute Gasteiger partial charge is 0.497 e. The lowest BCUT2D eigenvalue weighted by Crippen LogP contribution is -2.43. The van der Waals surface area contributed by atoms with Gasteiger partial charge in [-0.15, -0.1) is 0 Å². The Hall–Kier alpha value is -3.59. The molecule has 1 N–H and O–H groups in total. The summed E-state index contributed by atoms with van der Waals surface area (Å²) in [5.41, 5.74) is 3.79. The maximum absolute atomic E-state index is 12.9. The van der Waals surface area contributed by atoms with E-state index in [9.17, 15) is 4.79 Å². The van der Waals surface area contributed by atoms with Crippen LogP contribution in [0.3, 0.4) is 0 Å². The highest BCUT2D eigenvalue weighted by molar-refractivity contribution is 7.22. The van der Waals surface area contributed by atoms with Crippen LogP contribution in [-0.4, -0.2) is 48.0 Å². The van der Waals surface area contributed by atoms with E-state index in [4.69, 9.17) is 19.6 Å². The first-order valence-electron chi connectivity index (χ1n) is 11.7. The maximum atomic E-state index is 12.9. The number of nitrogens with one attached hydrogen (secondary N) is 1. The number of ether oxygens (including phenoxy) is 2. The van der Waals surface area contributed by atoms with E-state index < -0.39 is 0 Å². The lowest BCUT2D eigenvalue weighted by atomic mass is 9.97. The number of fused-ring (bicyclic) bond motifs is 1. The molecule has 35 heavy (non-hydrogen) atoms. The minimum Gasteiger partial charge on any atom is -0.497 e. The average molecular weight is 492 g/mol. The predicted molar refractivity (Wildman–Crippen MR) is 138 cm³/mol. The van der Waals surface area contributed by atoms with E-state index in [0.717, 1.165) is 63.3 Å². The Kier molecular flexibility index (Phi) is 6.59. The van der Waals surface area contributed by atoms with Crippen LogP contribution in [0.5, 0.6) is 11.5 Å². The van der Waals surface area contributed by atoms with Crippen molar-refractivity contribution in [1.29, 1.82) is 0 Å². The number of carbonyl (C=O) groups is 1. The van der Waals surface area contributed by atoms with Gasteiger partial charge in [0.05, 0.1) is 36.2 Å². The molecule has 2 aromatic heterocycles. The van der Waals surface area contributed by atoms with Gasteiger partial charge in [-0.3, -0.25) is 4.79 Å². The minimum absolute atomic E-state index is 0.0619. The molecule has 1 saturated heterocycles. The number of nitrogens with zero attached hydrogens (tertiary/aromatic N) is 4. The molecular formula is C26H29N5O3S. The first-order chi connectivity index (χ1) is 17.1. The molecule has 3 heterocycles. The number of thiazole rings is 1. The fourth-order valence-electron chi connectivity index (χ4n) is 4.40. The smallest absolute Gasteiger partial charge is 0.225 e. The molecule has 0 radical (unpaired) electrons. The first-order valence-corrected chi connectivity index (χ1v) is 12.5. The third-order valence-electron chi connectivity index (χ3n) is 6.38. The lowest BCUT2D eigenvalue weighted by Gasteiger charge is -2.31. The van der Waals surface area contributed by atoms with Crippen molar-refractivity contribution in [3.63, 3.8) is 0 Å². The molecule has 182 valence electrons. The maximum Gasteiger partial charge on any atom is 0.225 e. The molecule has 1 aliphatic rings. The standard InChI is InChI=1S/C26H29N5O3S/c1-17-23-24(31(29-17)20-8-12-22(34-3)13-9-20)28-26(35-23)30-14-4-5-19(16-30)25(32)27-15-18-6-10-21(33-2)11-7-18/h6-13,19H,4-5,14-16H2,1-3H3,(H,27,32). The number of rotatable bonds is 7. The number of piperidine rings is 1. The first kappa shape index (κ1) is 23.2. The van der Waals surface area contributed by atoms with Crippen molar-refractivity contribution in [3.05, 3.63) is 59.8 Å². The number of hydrogen-bond acceptors (Lipinski definition) is 7. The lowest BCUT2D eigenvalue weighted by molar-refractivity contribution is -0.125. The Bertz CT molecular complexity index is 1310. The SMILES string of the molecule is COc1ccc(CNC(=O)C2CCCN(c3nc4c(s3)c(C)nn4-c3ccc(OC)cc3)C2)cc1. The number of aryl methyl sites for hydroxylation is 1. The summed E-state index contributed by atoms with van der Waals surface area (Å²) in [6.45, 7) is 4.08. The van der Waals surface area contributed by atoms with Gasteiger partial charge in [0.2, 0.25) is 5.91 Å². The van der Waals surface area contributed by atoms with Crippen LogP contribution in [0.15, 0.2) is 48.5 Å². The predicted octanol–water partition coefficient (Wildman–Crippen LogP) is 4.34. The molecule has 8 nitrogen and oxygen atoms in total. The Morgan fingerprint density at radius 2 is 1.77 bits per heavy atom. The fraction of sp³-hybridized carbons (Fsp3) is 0.346. The number of aromatic nitrogens is 3. The van der Waals surface area contributed by atoms with Gasteiger partial charge >= 0.3 is 0 Å². The van der Waals surface area contributed by atoms with Crippen LogP contribution in [0.1, 0.15) is 24.1 Å². The molecule has 1 aliphatic heterocycles. The van der Waals surface area contributed by atoms with Crippen LogP contribution in [0, 0.1) is 12.8 Å². The molecule has 0 saturated carbocycles. The van der Waals surface area contributed by atoms with Crippen LogP contribution in [0.25, 0.3) is 16.0 Å². The second-order valence-electron chi connectivity index (χ2n) is 8.70. The van der Waals surface area contributed by atoms with Gasteiger partial charge in [0, 0.05) is 19.6 Å². The number of amides is 1. The Morgan fingerprint density at radius 3 is 2.46 bits per heavy atom. The summed E-state index contributed by atoms with van der Waals surface area (Å²) in [4.78, 5) is 20.1. The highest BCUT2D eigenvalue weighted by atomic mass is 32.1. The van der Waals surface area contributed by atoms with Gasteiger partial charge in [0.15, 0.2) is 10.8 Å². The van der Waals surface area contributed by atoms with Crippen LogP contribution < -0.4 is 19.7 Å². The third kappa shape index (κ3) is 4.81. The van der Waals surface area contributed by atoms with Crippen molar-refractivity contribution in [2.24, 2.45) is 5.92 Å². The molecule has 0 aliphatic carbocycles. The van der Waals surface area contributed by atoms with E-state index >= 15 is 0 Å². The quantitative estimate of drug-likeness (QED) is 0.414. The number of methoxy groups -OCH3 is 2. The zero-order valence-electron chi connectivity index (χ0n) is 20.2. The zero-order valence-corrected chi connectivity index (χ0v) is 21.0. The minimum atomic E-state index is -0.0619. The van der Waals surface area contributed by atoms with E-state index in [1.807, 2.05) is 60.1 Å². The molecule has 0 bridgehead atoms. The molecule has 1 atom stereocenters. The molecule has 1 unspecified atom stereocenters. The molecular weight excluding hydrogens is 462 g/mol. The second-order valence-corrected chi connectivity index (χ2v) is 9.67. The van der Waals surface area contributed by atoms with Crippen LogP contribution >= 0.6 is 11.3 Å². The van der Waals surface area contributed by atoms with Crippen LogP contribution in [-0.2, 0) is 11.3 Å². The number of anilines is 1. The Labute approximate surface area is 208 Å². The Balaban J connectivity index is 1.29. The number of benzene rings is 2. The normalized spacial score (nSPS) is 15.9. The van der Waals surface area contributed by atoms with Crippen molar-refractivity contribution < 1.29 is 14.3 Å². The van der Waals surface area contributed by atoms with E-state index in [-0.39, 0.29) is 11.8 Å². The number of hydrogen-bond donors (Lipinski definition) is 1. The van der Waals surface area contributed by atoms with E-state index in [1.165, 1.54) is 0 Å². The van der Waals surface area contributed by atoms with Crippen molar-refractivity contribution in [1.82, 2.24) is 20.1 Å². The summed E-state index contributed by atoms with van der Waals surface area (Å²) < 4.78 is 13.4. The Morgan fingerprint density at radius 1 is 1.09 bits per heavy atom. The topological polar surface area (TPSA) is 81.5 Å². The van der Waals surface area contributed by atoms with E-state index in [0.29, 0.717) is 13.1 Å². The zero-order chi connectivity index (χ0) is 24.4. The highest BCUT2D eigenvalue weighted by Gasteiger charge is 2.28. The molecule has 5 rings (SSSR count). The van der Waals surface area contributed by atoms with Gasteiger partial charge in [-0.1, -0.05) is 23.5 Å². The summed E-state index contributed by atoms with van der Waals surface area (Å²) in [6.07, 6.45) is 1.84. The van der Waals surface area contributed by atoms with Gasteiger partial charge in [-0.05, 0) is 61.7 Å². The summed E-state index contributed by atoms with van der Waals surface area (Å²) in [5, 5.41) is 8.74. The van der Waals surface area contributed by atoms with E-state index in [2.05, 4.69) is 10.2 Å². The van der Waals surface area contributed by atoms with Gasteiger partial charge in [0.1, 0.15) is 11.5 Å². The van der Waals surface area contributed by atoms with Crippen molar-refractivity contribution in [2.45, 2.75) is 26.3 Å². The summed E-state index contributed by atoms with van der Waals surface area (Å²) in [7, 11) is 3.30. The second kappa shape index (κ2) is 9.95. The highest BCUT2D eigenvalue weighted by Crippen LogP contribution is 2.34. The van der Waals surface area contributed by atoms with Gasteiger partial charge < -0.3 is 19.7 Å². The monoisotopic (exact) mass is 491 g/mol. The average Bonchev–Trinajstić information content (AvgIpc) is 3.48. The van der Waals surface area contributed by atoms with Crippen molar-refractivity contribution in [3.8, 4) is 17.2 Å². The van der Waals surface area contributed by atoms with E-state index in [1.54, 1.807) is 25.6 Å². The molecule has 4 aromatic rings. The third-order valence-corrected chi connectivity index (χ3v) is 7.60. The van der Waals surface area contributed by atoms with Gasteiger partial charge in [-0.2, -0.15) is 10.1 Å². The van der Waals surface area contributed by atoms with Crippen LogP contribution in [0.2, 0.25) is 0 Å². The van der Waals surface area contributed by atoms with Crippen molar-refractivity contribution in [2.75, 3.05) is 32.2 Å². The summed E-state index contributed by atoms with van der Waals surface area (Å²) in [6, 6.07) is 15.6. The number of carbonyl (C=O) groups excluding carboxylic acids is 1. The summed E-state index contributed by atoms with van der Waals surface area (Å²) >= 11 is 1.64. The van der Waals surface area contributed by atoms with Crippen LogP contribution in [0.4, 0.5) is 5.13 Å². The molecule has 2 aromatic carbocycles. The molecule has 9 heteroatoms. The molecule has 1 amide bonds.